The van der Waals surface area contributed by atoms with Gasteiger partial charge in [-0.15, -0.1) is 0 Å². The summed E-state index contributed by atoms with van der Waals surface area (Å²) in [5, 5.41) is 0. The molecule has 1 heterocycles. The van der Waals surface area contributed by atoms with Crippen LogP contribution in [-0.2, 0) is 9.59 Å². The van der Waals surface area contributed by atoms with Gasteiger partial charge >= 0.3 is 0 Å². The quantitative estimate of drug-likeness (QED) is 0.800. The minimum atomic E-state index is -0.278. The summed E-state index contributed by atoms with van der Waals surface area (Å²) in [7, 11) is 0. The fourth-order valence-corrected chi connectivity index (χ4v) is 3.29. The van der Waals surface area contributed by atoms with Gasteiger partial charge in [0.25, 0.3) is 0 Å². The number of nitrogens with zero attached hydrogens (tertiary/aromatic N) is 1. The summed E-state index contributed by atoms with van der Waals surface area (Å²) < 4.78 is 0. The first-order chi connectivity index (χ1) is 8.18. The van der Waals surface area contributed by atoms with Gasteiger partial charge in [-0.25, -0.2) is 0 Å². The summed E-state index contributed by atoms with van der Waals surface area (Å²) >= 11 is 0. The molecule has 1 saturated heterocycles. The van der Waals surface area contributed by atoms with Gasteiger partial charge in [-0.05, 0) is 32.2 Å². The molecule has 0 radical (unpaired) electrons. The molecule has 4 nitrogen and oxygen atoms in total. The van der Waals surface area contributed by atoms with E-state index in [1.165, 1.54) is 6.42 Å². The number of likely N-dealkylation sites (tertiary alicyclic amines) is 1. The molecule has 1 aliphatic heterocycles. The molecular formula is C13H22N2O2. The molecule has 2 aliphatic rings. The van der Waals surface area contributed by atoms with Crippen molar-refractivity contribution in [2.24, 2.45) is 11.7 Å². The van der Waals surface area contributed by atoms with E-state index in [9.17, 15) is 9.59 Å². The lowest BCUT2D eigenvalue weighted by molar-refractivity contribution is -0.129. The molecule has 0 aromatic rings. The molecule has 96 valence electrons. The molecule has 0 aromatic carbocycles. The van der Waals surface area contributed by atoms with Gasteiger partial charge in [-0.1, -0.05) is 12.8 Å². The highest BCUT2D eigenvalue weighted by atomic mass is 16.1. The minimum absolute atomic E-state index is 0.156. The maximum absolute atomic E-state index is 12.0. The third-order valence-corrected chi connectivity index (χ3v) is 4.09. The van der Waals surface area contributed by atoms with E-state index in [0.717, 1.165) is 45.1 Å². The normalized spacial score (nSPS) is 31.4. The van der Waals surface area contributed by atoms with E-state index < -0.39 is 0 Å². The second kappa shape index (κ2) is 5.63. The van der Waals surface area contributed by atoms with Crippen molar-refractivity contribution in [1.82, 2.24) is 4.90 Å². The standard InChI is InChI=1S/C13H22N2O2/c14-13(17)9-15-8-4-3-6-11(15)10-5-1-2-7-12(10)16/h10-11H,1-9H2,(H2,14,17). The number of ketones is 1. The number of primary amides is 1. The monoisotopic (exact) mass is 238 g/mol. The Hall–Kier alpha value is -0.900. The Bertz CT molecular complexity index is 304. The van der Waals surface area contributed by atoms with Crippen LogP contribution in [0.2, 0.25) is 0 Å². The van der Waals surface area contributed by atoms with Crippen LogP contribution in [0, 0.1) is 5.92 Å². The smallest absolute Gasteiger partial charge is 0.231 e. The second-order valence-corrected chi connectivity index (χ2v) is 5.32. The molecule has 2 unspecified atom stereocenters. The zero-order valence-electron chi connectivity index (χ0n) is 10.4. The number of amides is 1. The van der Waals surface area contributed by atoms with Crippen LogP contribution >= 0.6 is 0 Å². The molecule has 0 bridgehead atoms. The number of carbonyl (C=O) groups is 2. The topological polar surface area (TPSA) is 63.4 Å². The molecule has 4 heteroatoms. The van der Waals surface area contributed by atoms with E-state index in [-0.39, 0.29) is 17.9 Å². The van der Waals surface area contributed by atoms with E-state index in [1.54, 1.807) is 0 Å². The van der Waals surface area contributed by atoms with E-state index in [1.807, 2.05) is 0 Å². The Morgan fingerprint density at radius 3 is 2.71 bits per heavy atom. The Kier molecular flexibility index (Phi) is 4.15. The number of Topliss-reactive ketones (excluding diaryl/α,β-unsaturated/α-hetero) is 1. The molecule has 17 heavy (non-hydrogen) atoms. The number of nitrogens with two attached hydrogens (primary N) is 1. The molecule has 1 amide bonds. The average molecular weight is 238 g/mol. The summed E-state index contributed by atoms with van der Waals surface area (Å²) in [6.07, 6.45) is 7.25. The highest BCUT2D eigenvalue weighted by molar-refractivity contribution is 5.82. The van der Waals surface area contributed by atoms with E-state index >= 15 is 0 Å². The summed E-state index contributed by atoms with van der Waals surface area (Å²) in [5.74, 6) is 0.279. The van der Waals surface area contributed by atoms with Crippen LogP contribution in [0.25, 0.3) is 0 Å². The van der Waals surface area contributed by atoms with Crippen LogP contribution in [0.5, 0.6) is 0 Å². The number of piperidine rings is 1. The van der Waals surface area contributed by atoms with E-state index in [4.69, 9.17) is 5.73 Å². The maximum atomic E-state index is 12.0. The van der Waals surface area contributed by atoms with Crippen LogP contribution in [0.3, 0.4) is 0 Å². The Morgan fingerprint density at radius 2 is 2.00 bits per heavy atom. The predicted molar refractivity (Wildman–Crippen MR) is 65.4 cm³/mol. The highest BCUT2D eigenvalue weighted by Crippen LogP contribution is 2.31. The van der Waals surface area contributed by atoms with Crippen LogP contribution < -0.4 is 5.73 Å². The first kappa shape index (κ1) is 12.6. The zero-order chi connectivity index (χ0) is 12.3. The summed E-state index contributed by atoms with van der Waals surface area (Å²) in [6.45, 7) is 1.23. The minimum Gasteiger partial charge on any atom is -0.369 e. The third kappa shape index (κ3) is 3.06. The van der Waals surface area contributed by atoms with E-state index in [0.29, 0.717) is 12.3 Å². The Labute approximate surface area is 103 Å². The zero-order valence-corrected chi connectivity index (χ0v) is 10.4. The van der Waals surface area contributed by atoms with E-state index in [2.05, 4.69) is 4.90 Å². The fourth-order valence-electron chi connectivity index (χ4n) is 3.29. The fraction of sp³-hybridized carbons (Fsp3) is 0.846. The van der Waals surface area contributed by atoms with Crippen molar-refractivity contribution in [2.45, 2.75) is 51.0 Å². The van der Waals surface area contributed by atoms with Gasteiger partial charge in [0.05, 0.1) is 6.54 Å². The van der Waals surface area contributed by atoms with Gasteiger partial charge in [0, 0.05) is 18.4 Å². The van der Waals surface area contributed by atoms with Gasteiger partial charge in [0.1, 0.15) is 5.78 Å². The Morgan fingerprint density at radius 1 is 1.24 bits per heavy atom. The van der Waals surface area contributed by atoms with Crippen molar-refractivity contribution in [1.29, 1.82) is 0 Å². The van der Waals surface area contributed by atoms with Crippen LogP contribution in [0.15, 0.2) is 0 Å². The number of rotatable bonds is 3. The summed E-state index contributed by atoms with van der Waals surface area (Å²) in [4.78, 5) is 25.2. The highest BCUT2D eigenvalue weighted by Gasteiger charge is 2.35. The van der Waals surface area contributed by atoms with Crippen LogP contribution in [-0.4, -0.2) is 35.7 Å². The largest absolute Gasteiger partial charge is 0.369 e. The van der Waals surface area contributed by atoms with Crippen molar-refractivity contribution >= 4 is 11.7 Å². The van der Waals surface area contributed by atoms with Crippen molar-refractivity contribution in [3.8, 4) is 0 Å². The predicted octanol–water partition coefficient (Wildman–Crippen LogP) is 1.09. The van der Waals surface area contributed by atoms with Crippen LogP contribution in [0.4, 0.5) is 0 Å². The van der Waals surface area contributed by atoms with Crippen molar-refractivity contribution in [3.63, 3.8) is 0 Å². The van der Waals surface area contributed by atoms with Gasteiger partial charge in [-0.3, -0.25) is 14.5 Å². The lowest BCUT2D eigenvalue weighted by Gasteiger charge is -2.40. The summed E-state index contributed by atoms with van der Waals surface area (Å²) in [5.41, 5.74) is 5.28. The van der Waals surface area contributed by atoms with Crippen LogP contribution in [0.1, 0.15) is 44.9 Å². The van der Waals surface area contributed by atoms with Crippen molar-refractivity contribution in [2.75, 3.05) is 13.1 Å². The molecule has 1 aliphatic carbocycles. The molecular weight excluding hydrogens is 216 g/mol. The summed E-state index contributed by atoms with van der Waals surface area (Å²) in [6, 6.07) is 0.268. The number of hydrogen-bond donors (Lipinski definition) is 1. The number of carbonyl (C=O) groups excluding carboxylic acids is 2. The molecule has 1 saturated carbocycles. The molecule has 2 rings (SSSR count). The van der Waals surface area contributed by atoms with Crippen molar-refractivity contribution < 1.29 is 9.59 Å². The SMILES string of the molecule is NC(=O)CN1CCCCC1C1CCCCC1=O. The van der Waals surface area contributed by atoms with Gasteiger partial charge in [-0.2, -0.15) is 0 Å². The molecule has 2 fully saturated rings. The number of hydrogen-bond acceptors (Lipinski definition) is 3. The first-order valence-corrected chi connectivity index (χ1v) is 6.73. The van der Waals surface area contributed by atoms with Crippen molar-refractivity contribution in [3.05, 3.63) is 0 Å². The first-order valence-electron chi connectivity index (χ1n) is 6.73. The van der Waals surface area contributed by atoms with Gasteiger partial charge in [0.15, 0.2) is 0 Å². The Balaban J connectivity index is 2.04. The lowest BCUT2D eigenvalue weighted by Crippen LogP contribution is -2.50. The van der Waals surface area contributed by atoms with Gasteiger partial charge < -0.3 is 5.73 Å². The van der Waals surface area contributed by atoms with Gasteiger partial charge in [0.2, 0.25) is 5.91 Å². The molecule has 0 spiro atoms. The molecule has 2 N–H and O–H groups in total. The molecule has 2 atom stereocenters. The maximum Gasteiger partial charge on any atom is 0.231 e. The third-order valence-electron chi connectivity index (χ3n) is 4.09. The lowest BCUT2D eigenvalue weighted by atomic mass is 9.79. The average Bonchev–Trinajstić information content (AvgIpc) is 2.30. The second-order valence-electron chi connectivity index (χ2n) is 5.32. The molecule has 0 aromatic heterocycles.